The fourth-order valence-corrected chi connectivity index (χ4v) is 3.23. The van der Waals surface area contributed by atoms with Crippen LogP contribution in [0.3, 0.4) is 0 Å². The summed E-state index contributed by atoms with van der Waals surface area (Å²) < 4.78 is 10.9. The highest BCUT2D eigenvalue weighted by atomic mass is 16.5. The van der Waals surface area contributed by atoms with Gasteiger partial charge in [-0.25, -0.2) is 4.98 Å². The fourth-order valence-electron chi connectivity index (χ4n) is 3.23. The van der Waals surface area contributed by atoms with Crippen LogP contribution >= 0.6 is 0 Å². The predicted molar refractivity (Wildman–Crippen MR) is 113 cm³/mol. The van der Waals surface area contributed by atoms with Crippen molar-refractivity contribution in [3.05, 3.63) is 72.6 Å². The van der Waals surface area contributed by atoms with Gasteiger partial charge in [0.2, 0.25) is 0 Å². The van der Waals surface area contributed by atoms with Crippen LogP contribution in [-0.2, 0) is 9.53 Å². The Morgan fingerprint density at radius 3 is 2.66 bits per heavy atom. The topological polar surface area (TPSA) is 67.4 Å². The smallest absolute Gasteiger partial charge is 0.257 e. The first-order chi connectivity index (χ1) is 14.2. The number of imidazole rings is 1. The number of hydrogen-bond acceptors (Lipinski definition) is 4. The standard InChI is InChI=1S/C23H23N3O3/c1-2-13-29-18-9-7-17(8-10-18)16-19(23(27)26-11-14-28-15-12-26)22-24-20-5-3-4-6-21(20)25-22/h2-10,16H,1,11-15H2,(H,24,25)/b19-16+. The lowest BCUT2D eigenvalue weighted by Gasteiger charge is -2.27. The van der Waals surface area contributed by atoms with Gasteiger partial charge in [0.15, 0.2) is 0 Å². The van der Waals surface area contributed by atoms with Crippen molar-refractivity contribution in [3.63, 3.8) is 0 Å². The Morgan fingerprint density at radius 1 is 1.17 bits per heavy atom. The SMILES string of the molecule is C=CCOc1ccc(/C=C(/C(=O)N2CCOCC2)c2nc3ccccc3[nH]2)cc1. The molecule has 0 bridgehead atoms. The minimum atomic E-state index is -0.0562. The highest BCUT2D eigenvalue weighted by Crippen LogP contribution is 2.23. The molecule has 2 aromatic carbocycles. The van der Waals surface area contributed by atoms with Crippen LogP contribution in [0.2, 0.25) is 0 Å². The maximum atomic E-state index is 13.3. The monoisotopic (exact) mass is 389 g/mol. The number of nitrogens with zero attached hydrogens (tertiary/aromatic N) is 2. The molecule has 4 rings (SSSR count). The highest BCUT2D eigenvalue weighted by molar-refractivity contribution is 6.23. The third-order valence-corrected chi connectivity index (χ3v) is 4.73. The molecule has 0 saturated carbocycles. The number of para-hydroxylation sites is 2. The Morgan fingerprint density at radius 2 is 1.93 bits per heavy atom. The predicted octanol–water partition coefficient (Wildman–Crippen LogP) is 3.53. The van der Waals surface area contributed by atoms with Crippen LogP contribution in [0.4, 0.5) is 0 Å². The lowest BCUT2D eigenvalue weighted by Crippen LogP contribution is -2.41. The van der Waals surface area contributed by atoms with Crippen LogP contribution in [0.1, 0.15) is 11.4 Å². The van der Waals surface area contributed by atoms with Crippen molar-refractivity contribution >= 4 is 28.6 Å². The van der Waals surface area contributed by atoms with E-state index < -0.39 is 0 Å². The summed E-state index contributed by atoms with van der Waals surface area (Å²) in [6.07, 6.45) is 3.57. The average Bonchev–Trinajstić information content (AvgIpc) is 3.21. The molecule has 3 aromatic rings. The number of hydrogen-bond donors (Lipinski definition) is 1. The minimum Gasteiger partial charge on any atom is -0.490 e. The molecular weight excluding hydrogens is 366 g/mol. The summed E-state index contributed by atoms with van der Waals surface area (Å²) in [5.41, 5.74) is 3.16. The van der Waals surface area contributed by atoms with Crippen LogP contribution in [0.25, 0.3) is 22.7 Å². The van der Waals surface area contributed by atoms with E-state index >= 15 is 0 Å². The van der Waals surface area contributed by atoms with Crippen molar-refractivity contribution in [1.82, 2.24) is 14.9 Å². The molecule has 2 heterocycles. The van der Waals surface area contributed by atoms with Crippen LogP contribution in [-0.4, -0.2) is 53.7 Å². The van der Waals surface area contributed by atoms with Gasteiger partial charge < -0.3 is 19.4 Å². The van der Waals surface area contributed by atoms with Crippen LogP contribution in [0, 0.1) is 0 Å². The summed E-state index contributed by atoms with van der Waals surface area (Å²) in [7, 11) is 0. The minimum absolute atomic E-state index is 0.0562. The van der Waals surface area contributed by atoms with Gasteiger partial charge in [-0.05, 0) is 35.9 Å². The second-order valence-electron chi connectivity index (χ2n) is 6.73. The van der Waals surface area contributed by atoms with Gasteiger partial charge in [0.1, 0.15) is 18.2 Å². The third-order valence-electron chi connectivity index (χ3n) is 4.73. The van der Waals surface area contributed by atoms with Crippen molar-refractivity contribution in [3.8, 4) is 5.75 Å². The molecular formula is C23H23N3O3. The maximum Gasteiger partial charge on any atom is 0.257 e. The summed E-state index contributed by atoms with van der Waals surface area (Å²) >= 11 is 0. The van der Waals surface area contributed by atoms with Gasteiger partial charge in [-0.2, -0.15) is 0 Å². The first-order valence-corrected chi connectivity index (χ1v) is 9.62. The second-order valence-corrected chi connectivity index (χ2v) is 6.73. The zero-order valence-corrected chi connectivity index (χ0v) is 16.1. The van der Waals surface area contributed by atoms with Crippen LogP contribution in [0.5, 0.6) is 5.75 Å². The molecule has 1 N–H and O–H groups in total. The number of morpholine rings is 1. The zero-order chi connectivity index (χ0) is 20.1. The molecule has 1 aliphatic rings. The molecule has 29 heavy (non-hydrogen) atoms. The van der Waals surface area contributed by atoms with Crippen molar-refractivity contribution in [1.29, 1.82) is 0 Å². The Balaban J connectivity index is 1.69. The number of amides is 1. The summed E-state index contributed by atoms with van der Waals surface area (Å²) in [4.78, 5) is 23.0. The molecule has 1 fully saturated rings. The van der Waals surface area contributed by atoms with E-state index in [1.54, 1.807) is 6.08 Å². The first kappa shape index (κ1) is 19.0. The molecule has 6 nitrogen and oxygen atoms in total. The number of carbonyl (C=O) groups excluding carboxylic acids is 1. The first-order valence-electron chi connectivity index (χ1n) is 9.62. The van der Waals surface area contributed by atoms with E-state index in [-0.39, 0.29) is 5.91 Å². The number of carbonyl (C=O) groups is 1. The summed E-state index contributed by atoms with van der Waals surface area (Å²) in [5.74, 6) is 1.26. The summed E-state index contributed by atoms with van der Waals surface area (Å²) in [6.45, 7) is 6.35. The van der Waals surface area contributed by atoms with Crippen molar-refractivity contribution in [2.24, 2.45) is 0 Å². The van der Waals surface area contributed by atoms with Gasteiger partial charge in [-0.3, -0.25) is 4.79 Å². The van der Waals surface area contributed by atoms with Crippen molar-refractivity contribution in [2.75, 3.05) is 32.9 Å². The number of H-pyrrole nitrogens is 1. The Bertz CT molecular complexity index is 998. The molecule has 1 saturated heterocycles. The Kier molecular flexibility index (Phi) is 5.72. The number of nitrogens with one attached hydrogen (secondary N) is 1. The molecule has 0 atom stereocenters. The van der Waals surface area contributed by atoms with E-state index in [9.17, 15) is 4.79 Å². The molecule has 6 heteroatoms. The normalized spacial score (nSPS) is 14.8. The maximum absolute atomic E-state index is 13.3. The number of rotatable bonds is 6. The number of aromatic amines is 1. The van der Waals surface area contributed by atoms with E-state index in [4.69, 9.17) is 9.47 Å². The average molecular weight is 389 g/mol. The zero-order valence-electron chi connectivity index (χ0n) is 16.1. The van der Waals surface area contributed by atoms with E-state index in [1.807, 2.05) is 59.5 Å². The van der Waals surface area contributed by atoms with Gasteiger partial charge in [0.25, 0.3) is 5.91 Å². The van der Waals surface area contributed by atoms with Crippen LogP contribution in [0.15, 0.2) is 61.2 Å². The quantitative estimate of drug-likeness (QED) is 0.517. The molecule has 148 valence electrons. The van der Waals surface area contributed by atoms with Crippen molar-refractivity contribution in [2.45, 2.75) is 0 Å². The largest absolute Gasteiger partial charge is 0.490 e. The van der Waals surface area contributed by atoms with E-state index in [2.05, 4.69) is 16.5 Å². The lowest BCUT2D eigenvalue weighted by molar-refractivity contribution is -0.128. The molecule has 0 aliphatic carbocycles. The highest BCUT2D eigenvalue weighted by Gasteiger charge is 2.24. The van der Waals surface area contributed by atoms with Gasteiger partial charge in [-0.15, -0.1) is 0 Å². The van der Waals surface area contributed by atoms with E-state index in [1.165, 1.54) is 0 Å². The molecule has 1 aromatic heterocycles. The number of ether oxygens (including phenoxy) is 2. The molecule has 0 radical (unpaired) electrons. The third kappa shape index (κ3) is 4.38. The van der Waals surface area contributed by atoms with E-state index in [0.29, 0.717) is 44.3 Å². The number of fused-ring (bicyclic) bond motifs is 1. The number of benzene rings is 2. The molecule has 0 spiro atoms. The summed E-state index contributed by atoms with van der Waals surface area (Å²) in [5, 5.41) is 0. The van der Waals surface area contributed by atoms with Gasteiger partial charge in [0.05, 0.1) is 29.8 Å². The van der Waals surface area contributed by atoms with Gasteiger partial charge in [-0.1, -0.05) is 36.9 Å². The Labute approximate surface area is 169 Å². The lowest BCUT2D eigenvalue weighted by atomic mass is 10.1. The van der Waals surface area contributed by atoms with Crippen LogP contribution < -0.4 is 4.74 Å². The van der Waals surface area contributed by atoms with Crippen molar-refractivity contribution < 1.29 is 14.3 Å². The molecule has 0 unspecified atom stereocenters. The van der Waals surface area contributed by atoms with Gasteiger partial charge >= 0.3 is 0 Å². The van der Waals surface area contributed by atoms with E-state index in [0.717, 1.165) is 22.3 Å². The fraction of sp³-hybridized carbons (Fsp3) is 0.217. The number of aromatic nitrogens is 2. The second kappa shape index (κ2) is 8.75. The molecule has 1 aliphatic heterocycles. The summed E-state index contributed by atoms with van der Waals surface area (Å²) in [6, 6.07) is 15.4. The van der Waals surface area contributed by atoms with Gasteiger partial charge in [0, 0.05) is 13.1 Å². The molecule has 1 amide bonds. The Hall–Kier alpha value is -3.38.